The first kappa shape index (κ1) is 11.1. The first-order valence-corrected chi connectivity index (χ1v) is 4.01. The number of carbonyl (C=O) groups is 2. The van der Waals surface area contributed by atoms with E-state index in [0.717, 1.165) is 17.9 Å². The lowest BCUT2D eigenvalue weighted by atomic mass is 10.3. The van der Waals surface area contributed by atoms with Crippen molar-refractivity contribution in [3.63, 3.8) is 0 Å². The Kier molecular flexibility index (Phi) is 5.28. The van der Waals surface area contributed by atoms with Crippen LogP contribution in [0.3, 0.4) is 0 Å². The molecule has 12 heavy (non-hydrogen) atoms. The van der Waals surface area contributed by atoms with Gasteiger partial charge in [-0.2, -0.15) is 0 Å². The maximum absolute atomic E-state index is 11.1. The summed E-state index contributed by atoms with van der Waals surface area (Å²) in [5, 5.41) is 2.94. The third-order valence-electron chi connectivity index (χ3n) is 1.66. The molecule has 0 aliphatic heterocycles. The van der Waals surface area contributed by atoms with Gasteiger partial charge in [0.1, 0.15) is 0 Å². The van der Waals surface area contributed by atoms with Gasteiger partial charge in [0.15, 0.2) is 0 Å². The van der Waals surface area contributed by atoms with Crippen LogP contribution >= 0.6 is 0 Å². The van der Waals surface area contributed by atoms with E-state index < -0.39 is 0 Å². The summed E-state index contributed by atoms with van der Waals surface area (Å²) in [5.74, 6) is -0.317. The molecule has 0 fully saturated rings. The Morgan fingerprint density at radius 3 is 2.42 bits per heavy atom. The molecule has 0 saturated carbocycles. The summed E-state index contributed by atoms with van der Waals surface area (Å²) in [4.78, 5) is 23.0. The van der Waals surface area contributed by atoms with E-state index in [9.17, 15) is 9.59 Å². The highest BCUT2D eigenvalue weighted by molar-refractivity contribution is 5.93. The lowest BCUT2D eigenvalue weighted by Gasteiger charge is -2.11. The fourth-order valence-electron chi connectivity index (χ4n) is 0.760. The zero-order chi connectivity index (χ0) is 9.56. The molecule has 0 rings (SSSR count). The van der Waals surface area contributed by atoms with Crippen LogP contribution < -0.4 is 5.32 Å². The smallest absolute Gasteiger partial charge is 0.228 e. The molecule has 0 radical (unpaired) electrons. The van der Waals surface area contributed by atoms with Gasteiger partial charge in [-0.05, 0) is 20.0 Å². The van der Waals surface area contributed by atoms with Crippen LogP contribution in [0.1, 0.15) is 19.8 Å². The van der Waals surface area contributed by atoms with Crippen molar-refractivity contribution < 1.29 is 9.59 Å². The molecule has 0 aromatic carbocycles. The Balaban J connectivity index is 3.65. The van der Waals surface area contributed by atoms with Crippen molar-refractivity contribution in [2.75, 3.05) is 20.6 Å². The second kappa shape index (κ2) is 5.71. The summed E-state index contributed by atoms with van der Waals surface area (Å²) in [6.07, 6.45) is 1.20. The number of hydrogen-bond donors (Lipinski definition) is 1. The molecule has 0 aliphatic rings. The molecule has 0 unspecified atom stereocenters. The van der Waals surface area contributed by atoms with Crippen LogP contribution in [0.4, 0.5) is 0 Å². The average molecular weight is 172 g/mol. The first-order chi connectivity index (χ1) is 5.59. The Bertz CT molecular complexity index is 168. The van der Waals surface area contributed by atoms with E-state index in [1.165, 1.54) is 14.0 Å². The Hall–Kier alpha value is -0.900. The average Bonchev–Trinajstić information content (AvgIpc) is 2.03. The highest BCUT2D eigenvalue weighted by atomic mass is 16.2. The monoisotopic (exact) mass is 172 g/mol. The quantitative estimate of drug-likeness (QED) is 0.607. The molecule has 0 heterocycles. The van der Waals surface area contributed by atoms with E-state index >= 15 is 0 Å². The maximum Gasteiger partial charge on any atom is 0.228 e. The summed E-state index contributed by atoms with van der Waals surface area (Å²) in [7, 11) is 3.34. The van der Waals surface area contributed by atoms with Gasteiger partial charge in [0.2, 0.25) is 11.8 Å². The maximum atomic E-state index is 11.1. The second-order valence-corrected chi connectivity index (χ2v) is 2.68. The number of rotatable bonds is 4. The van der Waals surface area contributed by atoms with Crippen molar-refractivity contribution in [1.82, 2.24) is 10.2 Å². The third kappa shape index (κ3) is 4.08. The van der Waals surface area contributed by atoms with Gasteiger partial charge in [0.25, 0.3) is 0 Å². The highest BCUT2D eigenvalue weighted by Crippen LogP contribution is 1.94. The van der Waals surface area contributed by atoms with Crippen LogP contribution in [-0.4, -0.2) is 37.4 Å². The molecular weight excluding hydrogens is 156 g/mol. The zero-order valence-corrected chi connectivity index (χ0v) is 7.89. The van der Waals surface area contributed by atoms with Gasteiger partial charge < -0.3 is 5.32 Å². The van der Waals surface area contributed by atoms with E-state index in [4.69, 9.17) is 0 Å². The minimum atomic E-state index is -0.204. The molecular formula is C8H16N2O2. The van der Waals surface area contributed by atoms with Crippen LogP contribution in [-0.2, 0) is 9.59 Å². The van der Waals surface area contributed by atoms with Gasteiger partial charge in [-0.1, -0.05) is 0 Å². The number of nitrogens with zero attached hydrogens (tertiary/aromatic N) is 1. The molecule has 2 amide bonds. The summed E-state index contributed by atoms with van der Waals surface area (Å²) < 4.78 is 0. The fourth-order valence-corrected chi connectivity index (χ4v) is 0.760. The summed E-state index contributed by atoms with van der Waals surface area (Å²) >= 11 is 0. The Labute approximate surface area is 72.9 Å². The minimum absolute atomic E-state index is 0.113. The van der Waals surface area contributed by atoms with Crippen LogP contribution in [0, 0.1) is 0 Å². The topological polar surface area (TPSA) is 49.4 Å². The molecule has 0 spiro atoms. The van der Waals surface area contributed by atoms with Gasteiger partial charge in [0, 0.05) is 20.4 Å². The Morgan fingerprint density at radius 1 is 1.42 bits per heavy atom. The molecule has 0 bridgehead atoms. The minimum Gasteiger partial charge on any atom is -0.320 e. The first-order valence-electron chi connectivity index (χ1n) is 4.01. The summed E-state index contributed by atoms with van der Waals surface area (Å²) in [6, 6.07) is 0. The number of nitrogens with one attached hydrogen (secondary N) is 1. The molecule has 1 N–H and O–H groups in total. The van der Waals surface area contributed by atoms with Crippen molar-refractivity contribution in [3.05, 3.63) is 0 Å². The molecule has 4 heteroatoms. The van der Waals surface area contributed by atoms with Crippen molar-refractivity contribution in [3.8, 4) is 0 Å². The second-order valence-electron chi connectivity index (χ2n) is 2.68. The molecule has 0 aliphatic carbocycles. The Morgan fingerprint density at radius 2 is 2.00 bits per heavy atom. The zero-order valence-electron chi connectivity index (χ0n) is 7.89. The molecule has 0 aromatic heterocycles. The number of amides is 2. The van der Waals surface area contributed by atoms with Crippen molar-refractivity contribution in [1.29, 1.82) is 0 Å². The van der Waals surface area contributed by atoms with E-state index in [1.807, 2.05) is 7.05 Å². The van der Waals surface area contributed by atoms with Crippen molar-refractivity contribution in [2.45, 2.75) is 19.8 Å². The van der Waals surface area contributed by atoms with Gasteiger partial charge in [0.05, 0.1) is 0 Å². The lowest BCUT2D eigenvalue weighted by molar-refractivity contribution is -0.141. The van der Waals surface area contributed by atoms with Crippen LogP contribution in [0.5, 0.6) is 0 Å². The number of imide groups is 1. The largest absolute Gasteiger partial charge is 0.320 e. The number of carbonyl (C=O) groups excluding carboxylic acids is 2. The highest BCUT2D eigenvalue weighted by Gasteiger charge is 2.10. The van der Waals surface area contributed by atoms with E-state index in [1.54, 1.807) is 0 Å². The van der Waals surface area contributed by atoms with Crippen molar-refractivity contribution >= 4 is 11.8 Å². The van der Waals surface area contributed by atoms with Gasteiger partial charge in [-0.3, -0.25) is 14.5 Å². The molecule has 70 valence electrons. The SMILES string of the molecule is CNCCCC(=O)N(C)C(C)=O. The summed E-state index contributed by atoms with van der Waals surface area (Å²) in [5.41, 5.74) is 0. The molecule has 0 aromatic rings. The molecule has 4 nitrogen and oxygen atoms in total. The van der Waals surface area contributed by atoms with E-state index in [2.05, 4.69) is 5.32 Å². The third-order valence-corrected chi connectivity index (χ3v) is 1.66. The molecule has 0 atom stereocenters. The summed E-state index contributed by atoms with van der Waals surface area (Å²) in [6.45, 7) is 2.19. The number of hydrogen-bond acceptors (Lipinski definition) is 3. The van der Waals surface area contributed by atoms with E-state index in [0.29, 0.717) is 6.42 Å². The normalized spacial score (nSPS) is 9.58. The van der Waals surface area contributed by atoms with Gasteiger partial charge in [-0.15, -0.1) is 0 Å². The predicted octanol–water partition coefficient (Wildman–Crippen LogP) is -0.00910. The fraction of sp³-hybridized carbons (Fsp3) is 0.750. The van der Waals surface area contributed by atoms with Gasteiger partial charge in [-0.25, -0.2) is 0 Å². The van der Waals surface area contributed by atoms with Crippen LogP contribution in [0.2, 0.25) is 0 Å². The molecule has 0 saturated heterocycles. The van der Waals surface area contributed by atoms with Crippen LogP contribution in [0.25, 0.3) is 0 Å². The lowest BCUT2D eigenvalue weighted by Crippen LogP contribution is -2.31. The van der Waals surface area contributed by atoms with E-state index in [-0.39, 0.29) is 11.8 Å². The van der Waals surface area contributed by atoms with Crippen molar-refractivity contribution in [2.24, 2.45) is 0 Å². The van der Waals surface area contributed by atoms with Gasteiger partial charge >= 0.3 is 0 Å². The predicted molar refractivity (Wildman–Crippen MR) is 46.6 cm³/mol. The standard InChI is InChI=1S/C8H16N2O2/c1-7(11)10(3)8(12)5-4-6-9-2/h9H,4-6H2,1-3H3. The van der Waals surface area contributed by atoms with Crippen LogP contribution in [0.15, 0.2) is 0 Å².